The Morgan fingerprint density at radius 1 is 1.59 bits per heavy atom. The number of aliphatic carboxylic acids is 1. The van der Waals surface area contributed by atoms with Crippen LogP contribution in [0.1, 0.15) is 5.69 Å². The van der Waals surface area contributed by atoms with Gasteiger partial charge in [-0.3, -0.25) is 9.48 Å². The van der Waals surface area contributed by atoms with Crippen LogP contribution in [0.15, 0.2) is 15.8 Å². The van der Waals surface area contributed by atoms with Crippen LogP contribution >= 0.6 is 11.8 Å². The van der Waals surface area contributed by atoms with Gasteiger partial charge in [0.1, 0.15) is 5.75 Å². The zero-order valence-corrected chi connectivity index (χ0v) is 10.1. The van der Waals surface area contributed by atoms with Gasteiger partial charge in [-0.25, -0.2) is 0 Å². The van der Waals surface area contributed by atoms with Gasteiger partial charge in [0, 0.05) is 13.2 Å². The van der Waals surface area contributed by atoms with Crippen molar-refractivity contribution in [3.05, 3.63) is 11.9 Å². The fourth-order valence-electron chi connectivity index (χ4n) is 1.31. The molecule has 0 aliphatic carbocycles. The number of aromatic nitrogens is 4. The number of carbonyl (C=O) groups is 1. The Hall–Kier alpha value is -1.83. The van der Waals surface area contributed by atoms with Crippen LogP contribution in [0.5, 0.6) is 0 Å². The van der Waals surface area contributed by atoms with E-state index in [1.807, 2.05) is 6.92 Å². The maximum absolute atomic E-state index is 10.4. The lowest BCUT2D eigenvalue weighted by molar-refractivity contribution is -0.133. The van der Waals surface area contributed by atoms with Gasteiger partial charge in [0.05, 0.1) is 11.3 Å². The molecule has 2 aromatic heterocycles. The number of carboxylic acid groups (broad SMARTS) is 1. The zero-order valence-electron chi connectivity index (χ0n) is 9.25. The van der Waals surface area contributed by atoms with Gasteiger partial charge in [-0.15, -0.1) is 10.2 Å². The van der Waals surface area contributed by atoms with E-state index in [-0.39, 0.29) is 11.0 Å². The third kappa shape index (κ3) is 2.64. The van der Waals surface area contributed by atoms with E-state index >= 15 is 0 Å². The summed E-state index contributed by atoms with van der Waals surface area (Å²) >= 11 is 0.990. The number of carboxylic acids is 1. The van der Waals surface area contributed by atoms with Crippen molar-refractivity contribution in [1.29, 1.82) is 0 Å². The van der Waals surface area contributed by atoms with E-state index < -0.39 is 5.97 Å². The first-order chi connectivity index (χ1) is 8.06. The molecule has 0 aliphatic heterocycles. The maximum Gasteiger partial charge on any atom is 0.314 e. The van der Waals surface area contributed by atoms with E-state index in [1.165, 1.54) is 0 Å². The summed E-state index contributed by atoms with van der Waals surface area (Å²) in [5.74, 6) is -0.677. The van der Waals surface area contributed by atoms with Crippen molar-refractivity contribution >= 4 is 17.7 Å². The van der Waals surface area contributed by atoms with E-state index in [2.05, 4.69) is 15.3 Å². The van der Waals surface area contributed by atoms with Crippen LogP contribution in [0.4, 0.5) is 0 Å². The van der Waals surface area contributed by atoms with Crippen LogP contribution in [0.2, 0.25) is 0 Å². The van der Waals surface area contributed by atoms with Crippen molar-refractivity contribution in [2.45, 2.75) is 12.1 Å². The molecule has 1 N–H and O–H groups in total. The molecule has 0 saturated carbocycles. The van der Waals surface area contributed by atoms with Gasteiger partial charge < -0.3 is 9.52 Å². The van der Waals surface area contributed by atoms with Gasteiger partial charge >= 0.3 is 5.97 Å². The van der Waals surface area contributed by atoms with Crippen LogP contribution in [0.25, 0.3) is 11.5 Å². The highest BCUT2D eigenvalue weighted by Crippen LogP contribution is 2.24. The van der Waals surface area contributed by atoms with Crippen molar-refractivity contribution in [3.63, 3.8) is 0 Å². The molecule has 0 amide bonds. The average molecular weight is 254 g/mol. The van der Waals surface area contributed by atoms with E-state index in [0.717, 1.165) is 23.0 Å². The third-order valence-corrected chi connectivity index (χ3v) is 2.77. The fourth-order valence-corrected chi connectivity index (χ4v) is 1.79. The molecule has 0 bridgehead atoms. The highest BCUT2D eigenvalue weighted by Gasteiger charge is 2.14. The summed E-state index contributed by atoms with van der Waals surface area (Å²) < 4.78 is 6.99. The van der Waals surface area contributed by atoms with Crippen LogP contribution in [0.3, 0.4) is 0 Å². The minimum atomic E-state index is -0.924. The minimum absolute atomic E-state index is 0.104. The molecule has 0 fully saturated rings. The predicted octanol–water partition coefficient (Wildman–Crippen LogP) is 0.955. The number of thioether (sulfide) groups is 1. The van der Waals surface area contributed by atoms with Gasteiger partial charge in [-0.2, -0.15) is 5.10 Å². The van der Waals surface area contributed by atoms with Gasteiger partial charge in [0.15, 0.2) is 0 Å². The molecule has 0 aromatic carbocycles. The van der Waals surface area contributed by atoms with Crippen molar-refractivity contribution in [2.75, 3.05) is 5.75 Å². The second-order valence-electron chi connectivity index (χ2n) is 3.36. The van der Waals surface area contributed by atoms with Crippen molar-refractivity contribution in [1.82, 2.24) is 20.0 Å². The maximum atomic E-state index is 10.4. The summed E-state index contributed by atoms with van der Waals surface area (Å²) in [5.41, 5.74) is 1.54. The van der Waals surface area contributed by atoms with E-state index in [0.29, 0.717) is 5.89 Å². The van der Waals surface area contributed by atoms with Gasteiger partial charge in [-0.05, 0) is 6.92 Å². The molecule has 0 radical (unpaired) electrons. The lowest BCUT2D eigenvalue weighted by Crippen LogP contribution is -1.97. The molecular formula is C9H10N4O3S. The van der Waals surface area contributed by atoms with Crippen molar-refractivity contribution in [3.8, 4) is 11.5 Å². The van der Waals surface area contributed by atoms with Crippen molar-refractivity contribution in [2.24, 2.45) is 7.05 Å². The molecule has 2 heterocycles. The summed E-state index contributed by atoms with van der Waals surface area (Å²) in [5, 5.41) is 20.5. The highest BCUT2D eigenvalue weighted by molar-refractivity contribution is 7.99. The first-order valence-corrected chi connectivity index (χ1v) is 5.73. The number of hydrogen-bond donors (Lipinski definition) is 1. The number of nitrogens with zero attached hydrogens (tertiary/aromatic N) is 4. The summed E-state index contributed by atoms with van der Waals surface area (Å²) in [7, 11) is 1.80. The summed E-state index contributed by atoms with van der Waals surface area (Å²) in [4.78, 5) is 10.4. The zero-order chi connectivity index (χ0) is 12.4. The molecule has 90 valence electrons. The van der Waals surface area contributed by atoms with E-state index in [9.17, 15) is 4.79 Å². The fraction of sp³-hybridized carbons (Fsp3) is 0.333. The normalized spacial score (nSPS) is 10.7. The molecule has 2 rings (SSSR count). The Morgan fingerprint density at radius 2 is 2.35 bits per heavy atom. The van der Waals surface area contributed by atoms with Crippen LogP contribution in [-0.4, -0.2) is 36.8 Å². The molecule has 0 atom stereocenters. The standard InChI is InChI=1S/C9H10N4O3S/c1-5-6(3-13(2)12-5)8-10-11-9(16-8)17-4-7(14)15/h3H,4H2,1-2H3,(H,14,15). The molecule has 2 aromatic rings. The molecule has 0 aliphatic rings. The van der Waals surface area contributed by atoms with Gasteiger partial charge in [0.2, 0.25) is 0 Å². The van der Waals surface area contributed by atoms with Crippen LogP contribution < -0.4 is 0 Å². The Labute approximate surface area is 101 Å². The van der Waals surface area contributed by atoms with Crippen molar-refractivity contribution < 1.29 is 14.3 Å². The lowest BCUT2D eigenvalue weighted by Gasteiger charge is -1.90. The summed E-state index contributed by atoms with van der Waals surface area (Å²) in [6, 6.07) is 0. The molecular weight excluding hydrogens is 244 g/mol. The van der Waals surface area contributed by atoms with E-state index in [1.54, 1.807) is 17.9 Å². The minimum Gasteiger partial charge on any atom is -0.481 e. The first kappa shape index (κ1) is 11.6. The van der Waals surface area contributed by atoms with E-state index in [4.69, 9.17) is 9.52 Å². The topological polar surface area (TPSA) is 94.0 Å². The quantitative estimate of drug-likeness (QED) is 0.812. The smallest absolute Gasteiger partial charge is 0.314 e. The second kappa shape index (κ2) is 4.58. The molecule has 0 spiro atoms. The number of aryl methyl sites for hydroxylation is 2. The third-order valence-electron chi connectivity index (χ3n) is 1.97. The molecule has 0 unspecified atom stereocenters. The van der Waals surface area contributed by atoms with Gasteiger partial charge in [-0.1, -0.05) is 11.8 Å². The SMILES string of the molecule is Cc1nn(C)cc1-c1nnc(SCC(=O)O)o1. The lowest BCUT2D eigenvalue weighted by atomic mass is 10.3. The number of rotatable bonds is 4. The molecule has 8 heteroatoms. The molecule has 17 heavy (non-hydrogen) atoms. The largest absolute Gasteiger partial charge is 0.481 e. The molecule has 0 saturated heterocycles. The van der Waals surface area contributed by atoms with Gasteiger partial charge in [0.25, 0.3) is 11.1 Å². The number of hydrogen-bond acceptors (Lipinski definition) is 6. The highest BCUT2D eigenvalue weighted by atomic mass is 32.2. The predicted molar refractivity (Wildman–Crippen MR) is 59.6 cm³/mol. The Kier molecular flexibility index (Phi) is 3.14. The van der Waals surface area contributed by atoms with Crippen LogP contribution in [-0.2, 0) is 11.8 Å². The average Bonchev–Trinajstić information content (AvgIpc) is 2.82. The first-order valence-electron chi connectivity index (χ1n) is 4.75. The summed E-state index contributed by atoms with van der Waals surface area (Å²) in [6.45, 7) is 1.84. The summed E-state index contributed by atoms with van der Waals surface area (Å²) in [6.07, 6.45) is 1.77. The Bertz CT molecular complexity index is 548. The Morgan fingerprint density at radius 3 is 2.94 bits per heavy atom. The molecule has 7 nitrogen and oxygen atoms in total. The Balaban J connectivity index is 2.18. The second-order valence-corrected chi connectivity index (χ2v) is 4.28. The van der Waals surface area contributed by atoms with Crippen LogP contribution in [0, 0.1) is 6.92 Å². The monoisotopic (exact) mass is 254 g/mol.